The largest absolute Gasteiger partial charge is 0.300 e. The fourth-order valence-electron chi connectivity index (χ4n) is 3.25. The summed E-state index contributed by atoms with van der Waals surface area (Å²) in [6.07, 6.45) is 3.16. The Balaban J connectivity index is 1.87. The minimum absolute atomic E-state index is 0.0378. The molecule has 21 heavy (non-hydrogen) atoms. The zero-order chi connectivity index (χ0) is 14.8. The van der Waals surface area contributed by atoms with E-state index in [9.17, 15) is 4.39 Å². The fraction of sp³-hybridized carbons (Fsp3) is 0.500. The predicted octanol–water partition coefficient (Wildman–Crippen LogP) is 2.67. The van der Waals surface area contributed by atoms with Crippen LogP contribution in [0.25, 0.3) is 0 Å². The third kappa shape index (κ3) is 2.83. The number of amidine groups is 1. The molecule has 2 heterocycles. The maximum Gasteiger partial charge on any atom is 0.124 e. The van der Waals surface area contributed by atoms with Gasteiger partial charge in [-0.1, -0.05) is 12.1 Å². The first-order valence-electron chi connectivity index (χ1n) is 7.51. The molecule has 0 aliphatic carbocycles. The number of hydrazone groups is 1. The lowest BCUT2D eigenvalue weighted by atomic mass is 9.89. The molecular weight excluding hydrogens is 267 g/mol. The van der Waals surface area contributed by atoms with Crippen molar-refractivity contribution in [2.24, 2.45) is 5.10 Å². The standard InChI is InChI=1S/C16H21FN4/c1-19-21-10-7-14(20-8-2-9-20)11-15(16(21)18)12-3-5-13(17)6-4-12/h3-6,14-15,18H,1-2,7-11H2. The summed E-state index contributed by atoms with van der Waals surface area (Å²) < 4.78 is 13.1. The van der Waals surface area contributed by atoms with Gasteiger partial charge in [0.25, 0.3) is 0 Å². The smallest absolute Gasteiger partial charge is 0.124 e. The fourth-order valence-corrected chi connectivity index (χ4v) is 3.25. The quantitative estimate of drug-likeness (QED) is 0.869. The Morgan fingerprint density at radius 3 is 2.48 bits per heavy atom. The van der Waals surface area contributed by atoms with Crippen LogP contribution in [0.4, 0.5) is 4.39 Å². The van der Waals surface area contributed by atoms with Gasteiger partial charge in [-0.25, -0.2) is 4.39 Å². The zero-order valence-electron chi connectivity index (χ0n) is 12.1. The average molecular weight is 288 g/mol. The van der Waals surface area contributed by atoms with Crippen LogP contribution in [0.15, 0.2) is 29.4 Å². The van der Waals surface area contributed by atoms with Crippen LogP contribution in [0.1, 0.15) is 30.7 Å². The van der Waals surface area contributed by atoms with Crippen LogP contribution >= 0.6 is 0 Å². The molecule has 0 bridgehead atoms. The second-order valence-electron chi connectivity index (χ2n) is 5.82. The Morgan fingerprint density at radius 1 is 1.19 bits per heavy atom. The molecule has 2 fully saturated rings. The summed E-state index contributed by atoms with van der Waals surface area (Å²) in [6, 6.07) is 6.99. The van der Waals surface area contributed by atoms with E-state index in [4.69, 9.17) is 5.41 Å². The number of rotatable bonds is 3. The number of nitrogens with zero attached hydrogens (tertiary/aromatic N) is 3. The van der Waals surface area contributed by atoms with E-state index in [0.717, 1.165) is 38.0 Å². The highest BCUT2D eigenvalue weighted by Gasteiger charge is 2.34. The van der Waals surface area contributed by atoms with Crippen LogP contribution in [0.5, 0.6) is 0 Å². The van der Waals surface area contributed by atoms with Crippen LogP contribution in [-0.2, 0) is 0 Å². The topological polar surface area (TPSA) is 42.7 Å². The van der Waals surface area contributed by atoms with E-state index in [2.05, 4.69) is 16.7 Å². The molecule has 2 unspecified atom stereocenters. The van der Waals surface area contributed by atoms with E-state index in [0.29, 0.717) is 11.9 Å². The summed E-state index contributed by atoms with van der Waals surface area (Å²) in [7, 11) is 0. The first-order chi connectivity index (χ1) is 10.2. The van der Waals surface area contributed by atoms with E-state index >= 15 is 0 Å². The second kappa shape index (κ2) is 5.93. The lowest BCUT2D eigenvalue weighted by molar-refractivity contribution is 0.104. The van der Waals surface area contributed by atoms with Crippen molar-refractivity contribution in [3.05, 3.63) is 35.6 Å². The van der Waals surface area contributed by atoms with Crippen molar-refractivity contribution in [1.82, 2.24) is 9.91 Å². The van der Waals surface area contributed by atoms with Crippen molar-refractivity contribution in [1.29, 1.82) is 5.41 Å². The molecule has 0 radical (unpaired) electrons. The van der Waals surface area contributed by atoms with E-state index in [1.807, 2.05) is 0 Å². The molecule has 3 rings (SSSR count). The van der Waals surface area contributed by atoms with Crippen molar-refractivity contribution in [3.8, 4) is 0 Å². The molecule has 4 nitrogen and oxygen atoms in total. The molecule has 0 spiro atoms. The summed E-state index contributed by atoms with van der Waals surface area (Å²) in [6.45, 7) is 6.62. The highest BCUT2D eigenvalue weighted by atomic mass is 19.1. The van der Waals surface area contributed by atoms with Gasteiger partial charge >= 0.3 is 0 Å². The van der Waals surface area contributed by atoms with E-state index in [-0.39, 0.29) is 11.7 Å². The third-order valence-electron chi connectivity index (χ3n) is 4.64. The van der Waals surface area contributed by atoms with Crippen molar-refractivity contribution < 1.29 is 4.39 Å². The first kappa shape index (κ1) is 14.2. The Morgan fingerprint density at radius 2 is 1.90 bits per heavy atom. The van der Waals surface area contributed by atoms with Gasteiger partial charge in [0.2, 0.25) is 0 Å². The summed E-state index contributed by atoms with van der Waals surface area (Å²) in [5.74, 6) is 0.195. The van der Waals surface area contributed by atoms with Gasteiger partial charge in [-0.05, 0) is 50.0 Å². The summed E-state index contributed by atoms with van der Waals surface area (Å²) in [5.41, 5.74) is 0.988. The Hall–Kier alpha value is -1.75. The summed E-state index contributed by atoms with van der Waals surface area (Å²) in [5, 5.41) is 14.1. The highest BCUT2D eigenvalue weighted by molar-refractivity contribution is 5.86. The van der Waals surface area contributed by atoms with Crippen LogP contribution in [0, 0.1) is 11.2 Å². The van der Waals surface area contributed by atoms with Crippen LogP contribution in [0.3, 0.4) is 0 Å². The lowest BCUT2D eigenvalue weighted by Gasteiger charge is -2.38. The third-order valence-corrected chi connectivity index (χ3v) is 4.64. The minimum Gasteiger partial charge on any atom is -0.300 e. The monoisotopic (exact) mass is 288 g/mol. The van der Waals surface area contributed by atoms with Crippen LogP contribution < -0.4 is 0 Å². The molecule has 0 aromatic heterocycles. The molecule has 2 aliphatic heterocycles. The Kier molecular flexibility index (Phi) is 4.01. The number of halogens is 1. The molecule has 0 saturated carbocycles. The molecule has 2 atom stereocenters. The lowest BCUT2D eigenvalue weighted by Crippen LogP contribution is -2.45. The normalized spacial score (nSPS) is 27.1. The van der Waals surface area contributed by atoms with Gasteiger partial charge in [-0.3, -0.25) is 10.4 Å². The number of nitrogens with one attached hydrogen (secondary N) is 1. The van der Waals surface area contributed by atoms with E-state index in [1.54, 1.807) is 17.1 Å². The van der Waals surface area contributed by atoms with Gasteiger partial charge in [0.1, 0.15) is 11.7 Å². The summed E-state index contributed by atoms with van der Waals surface area (Å²) >= 11 is 0. The Labute approximate surface area is 124 Å². The first-order valence-corrected chi connectivity index (χ1v) is 7.51. The number of hydrogen-bond donors (Lipinski definition) is 1. The zero-order valence-corrected chi connectivity index (χ0v) is 12.1. The molecule has 5 heteroatoms. The molecule has 2 saturated heterocycles. The van der Waals surface area contributed by atoms with Crippen LogP contribution in [-0.4, -0.2) is 48.1 Å². The second-order valence-corrected chi connectivity index (χ2v) is 5.82. The molecule has 0 amide bonds. The van der Waals surface area contributed by atoms with Gasteiger partial charge in [-0.2, -0.15) is 5.10 Å². The maximum absolute atomic E-state index is 13.1. The predicted molar refractivity (Wildman–Crippen MR) is 82.3 cm³/mol. The van der Waals surface area contributed by atoms with Gasteiger partial charge in [0.15, 0.2) is 0 Å². The number of hydrogen-bond acceptors (Lipinski definition) is 3. The van der Waals surface area contributed by atoms with Gasteiger partial charge in [0.05, 0.1) is 0 Å². The van der Waals surface area contributed by atoms with Gasteiger partial charge in [-0.15, -0.1) is 0 Å². The molecule has 1 N–H and O–H groups in total. The van der Waals surface area contributed by atoms with Crippen LogP contribution in [0.2, 0.25) is 0 Å². The molecule has 1 aromatic rings. The summed E-state index contributed by atoms with van der Waals surface area (Å²) in [4.78, 5) is 2.48. The van der Waals surface area contributed by atoms with E-state index < -0.39 is 0 Å². The van der Waals surface area contributed by atoms with Gasteiger partial charge in [0, 0.05) is 25.2 Å². The van der Waals surface area contributed by atoms with Crippen molar-refractivity contribution in [3.63, 3.8) is 0 Å². The Bertz CT molecular complexity index is 524. The van der Waals surface area contributed by atoms with Gasteiger partial charge < -0.3 is 4.90 Å². The molecular formula is C16H21FN4. The number of likely N-dealkylation sites (tertiary alicyclic amines) is 1. The minimum atomic E-state index is -0.239. The van der Waals surface area contributed by atoms with Crippen molar-refractivity contribution >= 4 is 12.6 Å². The highest BCUT2D eigenvalue weighted by Crippen LogP contribution is 2.32. The molecule has 1 aromatic carbocycles. The molecule has 2 aliphatic rings. The van der Waals surface area contributed by atoms with Crippen molar-refractivity contribution in [2.75, 3.05) is 19.6 Å². The average Bonchev–Trinajstić information content (AvgIpc) is 2.58. The van der Waals surface area contributed by atoms with Crippen molar-refractivity contribution in [2.45, 2.75) is 31.2 Å². The number of benzene rings is 1. The SMILES string of the molecule is C=NN1CCC(N2CCC2)CC(c2ccc(F)cc2)C1=N. The van der Waals surface area contributed by atoms with E-state index in [1.165, 1.54) is 18.6 Å². The maximum atomic E-state index is 13.1. The molecule has 112 valence electrons.